The van der Waals surface area contributed by atoms with Crippen LogP contribution in [0.15, 0.2) is 24.3 Å². The fourth-order valence-corrected chi connectivity index (χ4v) is 1.10. The first-order chi connectivity index (χ1) is 6.39. The molecule has 0 nitrogen and oxygen atoms in total. The molecule has 0 radical (unpaired) electrons. The zero-order valence-electron chi connectivity index (χ0n) is 8.06. The van der Waals surface area contributed by atoms with Crippen LogP contribution < -0.4 is 56.8 Å². The van der Waals surface area contributed by atoms with Crippen LogP contribution in [0.4, 0.5) is 21.7 Å². The number of benzene rings is 1. The second-order valence-corrected chi connectivity index (χ2v) is 2.92. The van der Waals surface area contributed by atoms with Crippen LogP contribution in [0.25, 0.3) is 0 Å². The van der Waals surface area contributed by atoms with Gasteiger partial charge >= 0.3 is 58.4 Å². The van der Waals surface area contributed by atoms with Gasteiger partial charge in [-0.05, 0) is 5.56 Å². The summed E-state index contributed by atoms with van der Waals surface area (Å²) in [7, 11) is 0. The fraction of sp³-hybridized carbons (Fsp3) is 0.250. The maximum atomic E-state index is 12.2. The predicted molar refractivity (Wildman–Crippen MR) is 44.9 cm³/mol. The molecule has 0 saturated heterocycles. The van der Waals surface area contributed by atoms with Gasteiger partial charge in [0.1, 0.15) is 0 Å². The van der Waals surface area contributed by atoms with Crippen LogP contribution in [-0.4, -0.2) is 13.4 Å². The molecule has 0 bridgehead atoms. The summed E-state index contributed by atoms with van der Waals surface area (Å²) in [5, 5.41) is 0. The Bertz CT molecular complexity index is 312. The Morgan fingerprint density at radius 1 is 1.13 bits per heavy atom. The van der Waals surface area contributed by atoms with Crippen molar-refractivity contribution in [1.29, 1.82) is 0 Å². The number of hydrogen-bond donors (Lipinski definition) is 0. The van der Waals surface area contributed by atoms with Crippen LogP contribution in [0.2, 0.25) is 0 Å². The summed E-state index contributed by atoms with van der Waals surface area (Å²) in [5.74, 6) is 0. The molecular weight excluding hydrogens is 241 g/mol. The van der Waals surface area contributed by atoms with Gasteiger partial charge in [0.05, 0.1) is 0 Å². The van der Waals surface area contributed by atoms with Crippen LogP contribution in [0.3, 0.4) is 0 Å². The molecule has 7 heteroatoms. The Morgan fingerprint density at radius 2 is 1.73 bits per heavy atom. The van der Waals surface area contributed by atoms with Crippen LogP contribution >= 0.6 is 0 Å². The number of alkyl halides is 2. The molecule has 0 spiro atoms. The van der Waals surface area contributed by atoms with E-state index in [4.69, 9.17) is 0 Å². The molecular formula is C8H7BF5K. The molecule has 1 aromatic rings. The van der Waals surface area contributed by atoms with E-state index in [2.05, 4.69) is 0 Å². The minimum absolute atomic E-state index is 0. The van der Waals surface area contributed by atoms with Crippen molar-refractivity contribution < 1.29 is 73.1 Å². The summed E-state index contributed by atoms with van der Waals surface area (Å²) in [6.45, 7) is -5.10. The van der Waals surface area contributed by atoms with E-state index in [0.29, 0.717) is 0 Å². The molecule has 1 rings (SSSR count). The molecule has 0 unspecified atom stereocenters. The number of halogens is 5. The minimum atomic E-state index is -5.10. The second-order valence-electron chi connectivity index (χ2n) is 2.92. The Balaban J connectivity index is 0.00000196. The smallest absolute Gasteiger partial charge is 0.445 e. The molecule has 0 amide bonds. The molecule has 1 aromatic carbocycles. The Morgan fingerprint density at radius 3 is 2.20 bits per heavy atom. The van der Waals surface area contributed by atoms with Crippen molar-refractivity contribution in [2.24, 2.45) is 0 Å². The maximum absolute atomic E-state index is 12.2. The first-order valence-electron chi connectivity index (χ1n) is 3.96. The first kappa shape index (κ1) is 15.6. The van der Waals surface area contributed by atoms with E-state index in [1.165, 1.54) is 6.07 Å². The van der Waals surface area contributed by atoms with Gasteiger partial charge in [-0.15, -0.1) is 5.46 Å². The molecule has 0 N–H and O–H groups in total. The minimum Gasteiger partial charge on any atom is -0.445 e. The van der Waals surface area contributed by atoms with Gasteiger partial charge in [-0.1, -0.05) is 24.3 Å². The molecule has 15 heavy (non-hydrogen) atoms. The van der Waals surface area contributed by atoms with Crippen molar-refractivity contribution in [3.8, 4) is 0 Å². The zero-order valence-corrected chi connectivity index (χ0v) is 11.2. The van der Waals surface area contributed by atoms with Gasteiger partial charge in [0, 0.05) is 6.42 Å². The van der Waals surface area contributed by atoms with E-state index in [1.54, 1.807) is 0 Å². The largest absolute Gasteiger partial charge is 1.00 e. The summed E-state index contributed by atoms with van der Waals surface area (Å²) in [4.78, 5) is 0. The summed E-state index contributed by atoms with van der Waals surface area (Å²) in [6.07, 6.45) is -3.26. The van der Waals surface area contributed by atoms with E-state index >= 15 is 0 Å². The quantitative estimate of drug-likeness (QED) is 0.502. The van der Waals surface area contributed by atoms with Crippen LogP contribution in [0.5, 0.6) is 0 Å². The summed E-state index contributed by atoms with van der Waals surface area (Å²) in [5.41, 5.74) is -0.820. The Kier molecular flexibility index (Phi) is 6.58. The van der Waals surface area contributed by atoms with Crippen molar-refractivity contribution in [3.63, 3.8) is 0 Å². The maximum Gasteiger partial charge on any atom is 1.00 e. The van der Waals surface area contributed by atoms with Gasteiger partial charge in [-0.25, -0.2) is 8.78 Å². The fourth-order valence-electron chi connectivity index (χ4n) is 1.10. The van der Waals surface area contributed by atoms with Gasteiger partial charge in [-0.3, -0.25) is 0 Å². The summed E-state index contributed by atoms with van der Waals surface area (Å²) >= 11 is 0. The topological polar surface area (TPSA) is 0 Å². The molecule has 0 atom stereocenters. The van der Waals surface area contributed by atoms with Gasteiger partial charge in [0.25, 0.3) is 0 Å². The molecule has 0 aliphatic heterocycles. The van der Waals surface area contributed by atoms with E-state index in [-0.39, 0.29) is 56.9 Å². The Hall–Kier alpha value is 0.571. The molecule has 0 heterocycles. The van der Waals surface area contributed by atoms with E-state index in [1.807, 2.05) is 0 Å². The molecule has 0 saturated carbocycles. The standard InChI is InChI=1S/C8H7BF5.K/c10-8(11)5-6-2-1-3-7(4-6)9(12,13)14;/h1-4,8H,5H2;/q-1;+1. The summed E-state index contributed by atoms with van der Waals surface area (Å²) in [6, 6.07) is 4.06. The predicted octanol–water partition coefficient (Wildman–Crippen LogP) is -0.447. The second kappa shape index (κ2) is 6.34. The van der Waals surface area contributed by atoms with Crippen LogP contribution in [0.1, 0.15) is 5.56 Å². The van der Waals surface area contributed by atoms with E-state index in [9.17, 15) is 21.7 Å². The third-order valence-corrected chi connectivity index (χ3v) is 1.72. The first-order valence-corrected chi connectivity index (χ1v) is 3.96. The van der Waals surface area contributed by atoms with E-state index < -0.39 is 25.3 Å². The average Bonchev–Trinajstić information content (AvgIpc) is 2.01. The number of rotatable bonds is 3. The van der Waals surface area contributed by atoms with Crippen molar-refractivity contribution >= 4 is 12.4 Å². The normalized spacial score (nSPS) is 11.3. The summed E-state index contributed by atoms with van der Waals surface area (Å²) < 4.78 is 60.3. The monoisotopic (exact) mass is 248 g/mol. The number of hydrogen-bond acceptors (Lipinski definition) is 0. The molecule has 0 aliphatic carbocycles. The van der Waals surface area contributed by atoms with Crippen molar-refractivity contribution in [2.45, 2.75) is 12.8 Å². The molecule has 0 aromatic heterocycles. The molecule has 0 fully saturated rings. The van der Waals surface area contributed by atoms with E-state index in [0.717, 1.165) is 18.2 Å². The van der Waals surface area contributed by atoms with Gasteiger partial charge < -0.3 is 12.9 Å². The van der Waals surface area contributed by atoms with Crippen molar-refractivity contribution in [2.75, 3.05) is 0 Å². The third-order valence-electron chi connectivity index (χ3n) is 1.72. The zero-order chi connectivity index (χ0) is 10.8. The molecule has 78 valence electrons. The third kappa shape index (κ3) is 5.44. The van der Waals surface area contributed by atoms with Crippen molar-refractivity contribution in [1.82, 2.24) is 0 Å². The Labute approximate surface area is 127 Å². The van der Waals surface area contributed by atoms with Gasteiger partial charge in [-0.2, -0.15) is 0 Å². The van der Waals surface area contributed by atoms with Gasteiger partial charge in [0.15, 0.2) is 0 Å². The average molecular weight is 248 g/mol. The van der Waals surface area contributed by atoms with Crippen molar-refractivity contribution in [3.05, 3.63) is 29.8 Å². The SMILES string of the molecule is FC(F)Cc1cccc([B-](F)(F)F)c1.[K+]. The van der Waals surface area contributed by atoms with Crippen LogP contribution in [-0.2, 0) is 6.42 Å². The van der Waals surface area contributed by atoms with Gasteiger partial charge in [0.2, 0.25) is 6.43 Å². The molecule has 0 aliphatic rings. The van der Waals surface area contributed by atoms with Crippen LogP contribution in [0, 0.1) is 0 Å².